The fraction of sp³-hybridized carbons (Fsp3) is 0.417. The van der Waals surface area contributed by atoms with Crippen molar-refractivity contribution in [2.24, 2.45) is 5.92 Å². The number of anilines is 1. The maximum absolute atomic E-state index is 13.3. The highest BCUT2D eigenvalue weighted by Gasteiger charge is 2.34. The Balaban J connectivity index is 1.80. The van der Waals surface area contributed by atoms with E-state index in [1.807, 2.05) is 13.8 Å². The maximum Gasteiger partial charge on any atom is 0.243 e. The number of carbonyl (C=O) groups is 2. The Morgan fingerprint density at radius 2 is 1.79 bits per heavy atom. The number of halogens is 1. The number of amides is 2. The van der Waals surface area contributed by atoms with Crippen LogP contribution in [0.4, 0.5) is 10.1 Å². The van der Waals surface area contributed by atoms with Crippen molar-refractivity contribution in [2.75, 3.05) is 24.6 Å². The molecule has 1 heterocycles. The molecule has 34 heavy (non-hydrogen) atoms. The van der Waals surface area contributed by atoms with Crippen molar-refractivity contribution in [3.05, 3.63) is 60.4 Å². The van der Waals surface area contributed by atoms with Gasteiger partial charge >= 0.3 is 0 Å². The lowest BCUT2D eigenvalue weighted by Gasteiger charge is -2.34. The molecule has 1 fully saturated rings. The van der Waals surface area contributed by atoms with Crippen molar-refractivity contribution in [2.45, 2.75) is 43.7 Å². The molecule has 1 aliphatic rings. The summed E-state index contributed by atoms with van der Waals surface area (Å²) in [5, 5.41) is 2.88. The van der Waals surface area contributed by atoms with Gasteiger partial charge in [0.1, 0.15) is 11.9 Å². The molecule has 2 atom stereocenters. The van der Waals surface area contributed by atoms with Crippen LogP contribution in [0.15, 0.2) is 59.5 Å². The topological polar surface area (TPSA) is 105 Å². The molecule has 0 radical (unpaired) electrons. The second-order valence-electron chi connectivity index (χ2n) is 8.45. The zero-order valence-corrected chi connectivity index (χ0v) is 20.1. The molecule has 0 aromatic heterocycles. The molecule has 0 spiro atoms. The molecule has 184 valence electrons. The monoisotopic (exact) mass is 491 g/mol. The number of para-hydroxylation sites is 1. The summed E-state index contributed by atoms with van der Waals surface area (Å²) in [5.74, 6) is -1.77. The zero-order chi connectivity index (χ0) is 24.7. The lowest BCUT2D eigenvalue weighted by atomic mass is 10.00. The molecule has 3 rings (SSSR count). The summed E-state index contributed by atoms with van der Waals surface area (Å²) >= 11 is 0. The molecule has 1 saturated heterocycles. The van der Waals surface area contributed by atoms with E-state index >= 15 is 0 Å². The van der Waals surface area contributed by atoms with E-state index in [1.165, 1.54) is 4.90 Å². The van der Waals surface area contributed by atoms with Crippen molar-refractivity contribution in [1.82, 2.24) is 10.0 Å². The Morgan fingerprint density at radius 3 is 2.38 bits per heavy atom. The highest BCUT2D eigenvalue weighted by Crippen LogP contribution is 2.22. The quantitative estimate of drug-likeness (QED) is 0.531. The number of nitrogens with one attached hydrogen (secondary N) is 2. The summed E-state index contributed by atoms with van der Waals surface area (Å²) in [4.78, 5) is 27.7. The molecule has 1 aliphatic heterocycles. The maximum atomic E-state index is 13.3. The second-order valence-corrected chi connectivity index (χ2v) is 10.2. The fourth-order valence-electron chi connectivity index (χ4n) is 3.83. The van der Waals surface area contributed by atoms with Crippen LogP contribution in [0.3, 0.4) is 0 Å². The van der Waals surface area contributed by atoms with Gasteiger partial charge < -0.3 is 10.1 Å². The van der Waals surface area contributed by atoms with Gasteiger partial charge in [-0.3, -0.25) is 14.5 Å². The van der Waals surface area contributed by atoms with Gasteiger partial charge in [0, 0.05) is 18.8 Å². The SMILES string of the molecule is CC(C)[C@@H](C(=O)NC[C@H]1CCCO1)N(C(=O)CNS(=O)(=O)c1ccc(F)cc1)c1ccccc1. The minimum atomic E-state index is -4.06. The minimum absolute atomic E-state index is 0.0554. The van der Waals surface area contributed by atoms with E-state index < -0.39 is 34.3 Å². The Morgan fingerprint density at radius 1 is 1.12 bits per heavy atom. The highest BCUT2D eigenvalue weighted by molar-refractivity contribution is 7.89. The third-order valence-electron chi connectivity index (χ3n) is 5.55. The number of benzene rings is 2. The largest absolute Gasteiger partial charge is 0.376 e. The Labute approximate surface area is 199 Å². The molecule has 0 unspecified atom stereocenters. The van der Waals surface area contributed by atoms with Gasteiger partial charge in [0.05, 0.1) is 17.5 Å². The van der Waals surface area contributed by atoms with E-state index in [1.54, 1.807) is 30.3 Å². The van der Waals surface area contributed by atoms with E-state index in [4.69, 9.17) is 4.74 Å². The third-order valence-corrected chi connectivity index (χ3v) is 6.96. The predicted octanol–water partition coefficient (Wildman–Crippen LogP) is 2.46. The molecule has 8 nitrogen and oxygen atoms in total. The molecule has 0 bridgehead atoms. The number of carbonyl (C=O) groups excluding carboxylic acids is 2. The second kappa shape index (κ2) is 11.5. The predicted molar refractivity (Wildman–Crippen MR) is 126 cm³/mol. The van der Waals surface area contributed by atoms with Crippen molar-refractivity contribution in [1.29, 1.82) is 0 Å². The van der Waals surface area contributed by atoms with Crippen LogP contribution in [-0.4, -0.2) is 52.1 Å². The van der Waals surface area contributed by atoms with E-state index in [-0.39, 0.29) is 22.8 Å². The Bertz CT molecular complexity index is 1070. The van der Waals surface area contributed by atoms with E-state index in [2.05, 4.69) is 10.0 Å². The number of sulfonamides is 1. The first-order valence-corrected chi connectivity index (χ1v) is 12.7. The zero-order valence-electron chi connectivity index (χ0n) is 19.2. The molecule has 2 amide bonds. The summed E-state index contributed by atoms with van der Waals surface area (Å²) in [6.07, 6.45) is 1.75. The molecule has 2 aromatic rings. The van der Waals surface area contributed by atoms with Gasteiger partial charge in [0.15, 0.2) is 0 Å². The molecule has 0 saturated carbocycles. The van der Waals surface area contributed by atoms with Crippen LogP contribution in [0.5, 0.6) is 0 Å². The van der Waals surface area contributed by atoms with Crippen LogP contribution in [0, 0.1) is 11.7 Å². The van der Waals surface area contributed by atoms with Crippen LogP contribution in [0.25, 0.3) is 0 Å². The first-order valence-electron chi connectivity index (χ1n) is 11.2. The summed E-state index contributed by atoms with van der Waals surface area (Å²) in [6.45, 7) is 4.08. The molecule has 0 aliphatic carbocycles. The van der Waals surface area contributed by atoms with Gasteiger partial charge in [-0.25, -0.2) is 17.5 Å². The van der Waals surface area contributed by atoms with Gasteiger partial charge in [-0.1, -0.05) is 32.0 Å². The lowest BCUT2D eigenvalue weighted by molar-refractivity contribution is -0.127. The standard InChI is InChI=1S/C24H30FN3O5S/c1-17(2)23(24(30)26-15-20-9-6-14-33-20)28(19-7-4-3-5-8-19)22(29)16-27-34(31,32)21-12-10-18(25)11-13-21/h3-5,7-8,10-13,17,20,23,27H,6,9,14-16H2,1-2H3,(H,26,30)/t20-,23+/m1/s1. The van der Waals surface area contributed by atoms with Crippen LogP contribution < -0.4 is 14.9 Å². The normalized spacial score (nSPS) is 16.9. The first kappa shape index (κ1) is 25.8. The lowest BCUT2D eigenvalue weighted by Crippen LogP contribution is -2.55. The average molecular weight is 492 g/mol. The molecule has 10 heteroatoms. The van der Waals surface area contributed by atoms with Gasteiger partial charge in [0.25, 0.3) is 0 Å². The number of ether oxygens (including phenoxy) is 1. The molecular formula is C24H30FN3O5S. The van der Waals surface area contributed by atoms with Crippen molar-refractivity contribution >= 4 is 27.5 Å². The van der Waals surface area contributed by atoms with Crippen LogP contribution in [0.1, 0.15) is 26.7 Å². The summed E-state index contributed by atoms with van der Waals surface area (Å²) in [7, 11) is -4.06. The molecule has 2 N–H and O–H groups in total. The van der Waals surface area contributed by atoms with Gasteiger partial charge in [-0.15, -0.1) is 0 Å². The number of hydrogen-bond donors (Lipinski definition) is 2. The Hall–Kier alpha value is -2.82. The summed E-state index contributed by atoms with van der Waals surface area (Å²) in [6, 6.07) is 12.1. The summed E-state index contributed by atoms with van der Waals surface area (Å²) < 4.78 is 46.2. The van der Waals surface area contributed by atoms with Crippen LogP contribution in [-0.2, 0) is 24.3 Å². The number of nitrogens with zero attached hydrogens (tertiary/aromatic N) is 1. The van der Waals surface area contributed by atoms with Gasteiger partial charge in [0.2, 0.25) is 21.8 Å². The highest BCUT2D eigenvalue weighted by atomic mass is 32.2. The van der Waals surface area contributed by atoms with Gasteiger partial charge in [-0.05, 0) is 55.2 Å². The van der Waals surface area contributed by atoms with E-state index in [0.717, 1.165) is 37.1 Å². The van der Waals surface area contributed by atoms with Crippen molar-refractivity contribution in [3.63, 3.8) is 0 Å². The number of hydrogen-bond acceptors (Lipinski definition) is 5. The number of rotatable bonds is 10. The van der Waals surface area contributed by atoms with E-state index in [9.17, 15) is 22.4 Å². The first-order chi connectivity index (χ1) is 16.2. The minimum Gasteiger partial charge on any atom is -0.376 e. The molecular weight excluding hydrogens is 461 g/mol. The summed E-state index contributed by atoms with van der Waals surface area (Å²) in [5.41, 5.74) is 0.472. The third kappa shape index (κ3) is 6.62. The van der Waals surface area contributed by atoms with E-state index in [0.29, 0.717) is 18.8 Å². The van der Waals surface area contributed by atoms with Crippen LogP contribution >= 0.6 is 0 Å². The smallest absolute Gasteiger partial charge is 0.243 e. The van der Waals surface area contributed by atoms with Gasteiger partial charge in [-0.2, -0.15) is 0 Å². The fourth-order valence-corrected chi connectivity index (χ4v) is 4.80. The van der Waals surface area contributed by atoms with Crippen molar-refractivity contribution < 1.29 is 27.1 Å². The Kier molecular flexibility index (Phi) is 8.76. The van der Waals surface area contributed by atoms with Crippen molar-refractivity contribution in [3.8, 4) is 0 Å². The average Bonchev–Trinajstić information content (AvgIpc) is 3.34. The molecule has 2 aromatic carbocycles. The van der Waals surface area contributed by atoms with Crippen LogP contribution in [0.2, 0.25) is 0 Å².